The van der Waals surface area contributed by atoms with Crippen molar-refractivity contribution in [2.24, 2.45) is 5.41 Å². The highest BCUT2D eigenvalue weighted by Crippen LogP contribution is 2.40. The van der Waals surface area contributed by atoms with E-state index in [0.717, 1.165) is 25.8 Å². The number of nitrogens with one attached hydrogen (secondary N) is 2. The first-order chi connectivity index (χ1) is 7.14. The lowest BCUT2D eigenvalue weighted by atomic mass is 9.82. The first kappa shape index (κ1) is 15.7. The predicted octanol–water partition coefficient (Wildman–Crippen LogP) is 2.10. The third-order valence-electron chi connectivity index (χ3n) is 3.78. The molecule has 4 heteroatoms. The van der Waals surface area contributed by atoms with Crippen LogP contribution in [0.2, 0.25) is 0 Å². The third kappa shape index (κ3) is 3.63. The molecule has 0 aromatic rings. The fourth-order valence-corrected chi connectivity index (χ4v) is 2.33. The van der Waals surface area contributed by atoms with Gasteiger partial charge < -0.3 is 10.6 Å². The minimum absolute atomic E-state index is 0. The van der Waals surface area contributed by atoms with Crippen LogP contribution < -0.4 is 10.6 Å². The molecule has 1 amide bonds. The minimum atomic E-state index is -0.0482. The summed E-state index contributed by atoms with van der Waals surface area (Å²) in [7, 11) is 1.92. The minimum Gasteiger partial charge on any atom is -0.354 e. The summed E-state index contributed by atoms with van der Waals surface area (Å²) < 4.78 is 0. The van der Waals surface area contributed by atoms with E-state index in [9.17, 15) is 4.79 Å². The van der Waals surface area contributed by atoms with Crippen LogP contribution in [0.4, 0.5) is 0 Å². The molecule has 1 aliphatic rings. The van der Waals surface area contributed by atoms with E-state index in [-0.39, 0.29) is 23.7 Å². The average Bonchev–Trinajstić information content (AvgIpc) is 2.75. The van der Waals surface area contributed by atoms with Gasteiger partial charge in [-0.15, -0.1) is 12.4 Å². The summed E-state index contributed by atoms with van der Waals surface area (Å²) in [6.07, 6.45) is 5.55. The number of rotatable bonds is 5. The van der Waals surface area contributed by atoms with Crippen LogP contribution in [0.3, 0.4) is 0 Å². The standard InChI is InChI=1S/C12H24N2O.ClH/c1-4-12(7-5-6-8-12)11(15)14-9-10(2)13-3;/h10,13H,4-9H2,1-3H3,(H,14,15);1H. The number of hydrogen-bond acceptors (Lipinski definition) is 2. The average molecular weight is 249 g/mol. The van der Waals surface area contributed by atoms with Gasteiger partial charge in [0.15, 0.2) is 0 Å². The molecule has 0 bridgehead atoms. The van der Waals surface area contributed by atoms with Gasteiger partial charge in [0.05, 0.1) is 0 Å². The van der Waals surface area contributed by atoms with Gasteiger partial charge in [0.1, 0.15) is 0 Å². The van der Waals surface area contributed by atoms with Crippen LogP contribution in [0.5, 0.6) is 0 Å². The second-order valence-corrected chi connectivity index (χ2v) is 4.74. The molecule has 0 aliphatic heterocycles. The van der Waals surface area contributed by atoms with Crippen LogP contribution in [0.1, 0.15) is 46.0 Å². The normalized spacial score (nSPS) is 19.9. The van der Waals surface area contributed by atoms with Gasteiger partial charge in [0, 0.05) is 18.0 Å². The highest BCUT2D eigenvalue weighted by molar-refractivity contribution is 5.85. The Hall–Kier alpha value is -0.280. The highest BCUT2D eigenvalue weighted by atomic mass is 35.5. The summed E-state index contributed by atoms with van der Waals surface area (Å²) in [6.45, 7) is 4.94. The number of hydrogen-bond donors (Lipinski definition) is 2. The van der Waals surface area contributed by atoms with Gasteiger partial charge in [0.25, 0.3) is 0 Å². The Kier molecular flexibility index (Phi) is 7.00. The van der Waals surface area contributed by atoms with Gasteiger partial charge in [-0.3, -0.25) is 4.79 Å². The number of likely N-dealkylation sites (N-methyl/N-ethyl adjacent to an activating group) is 1. The second-order valence-electron chi connectivity index (χ2n) is 4.74. The van der Waals surface area contributed by atoms with Gasteiger partial charge in [-0.25, -0.2) is 0 Å². The van der Waals surface area contributed by atoms with Crippen molar-refractivity contribution < 1.29 is 4.79 Å². The molecule has 3 nitrogen and oxygen atoms in total. The van der Waals surface area contributed by atoms with E-state index >= 15 is 0 Å². The first-order valence-electron chi connectivity index (χ1n) is 6.10. The van der Waals surface area contributed by atoms with E-state index < -0.39 is 0 Å². The highest BCUT2D eigenvalue weighted by Gasteiger charge is 2.38. The summed E-state index contributed by atoms with van der Waals surface area (Å²) in [5.74, 6) is 0.268. The predicted molar refractivity (Wildman–Crippen MR) is 70.0 cm³/mol. The quantitative estimate of drug-likeness (QED) is 0.783. The van der Waals surface area contributed by atoms with Gasteiger partial charge in [-0.1, -0.05) is 19.8 Å². The molecule has 0 spiro atoms. The van der Waals surface area contributed by atoms with Crippen LogP contribution in [-0.4, -0.2) is 25.5 Å². The maximum absolute atomic E-state index is 12.1. The molecule has 0 aromatic carbocycles. The van der Waals surface area contributed by atoms with Gasteiger partial charge in [0.2, 0.25) is 5.91 Å². The molecule has 0 saturated heterocycles. The number of halogens is 1. The molecule has 1 aliphatic carbocycles. The second kappa shape index (κ2) is 7.13. The molecule has 0 heterocycles. The van der Waals surface area contributed by atoms with Gasteiger partial charge in [-0.05, 0) is 33.2 Å². The molecule has 1 saturated carbocycles. The summed E-state index contributed by atoms with van der Waals surface area (Å²) in [5.41, 5.74) is -0.0482. The van der Waals surface area contributed by atoms with Crippen molar-refractivity contribution >= 4 is 18.3 Å². The zero-order valence-corrected chi connectivity index (χ0v) is 11.5. The Bertz CT molecular complexity index is 215. The molecule has 1 unspecified atom stereocenters. The van der Waals surface area contributed by atoms with Crippen molar-refractivity contribution in [3.63, 3.8) is 0 Å². The van der Waals surface area contributed by atoms with Crippen molar-refractivity contribution in [2.75, 3.05) is 13.6 Å². The summed E-state index contributed by atoms with van der Waals surface area (Å²) in [5, 5.41) is 6.19. The lowest BCUT2D eigenvalue weighted by Crippen LogP contribution is -2.44. The maximum atomic E-state index is 12.1. The molecule has 0 radical (unpaired) electrons. The van der Waals surface area contributed by atoms with E-state index in [2.05, 4.69) is 24.5 Å². The van der Waals surface area contributed by atoms with E-state index in [4.69, 9.17) is 0 Å². The fraction of sp³-hybridized carbons (Fsp3) is 0.917. The molecule has 96 valence electrons. The summed E-state index contributed by atoms with van der Waals surface area (Å²) in [4.78, 5) is 12.1. The molecule has 1 rings (SSSR count). The first-order valence-corrected chi connectivity index (χ1v) is 6.10. The van der Waals surface area contributed by atoms with Gasteiger partial charge in [-0.2, -0.15) is 0 Å². The van der Waals surface area contributed by atoms with Gasteiger partial charge >= 0.3 is 0 Å². The number of carbonyl (C=O) groups is 1. The van der Waals surface area contributed by atoms with Crippen molar-refractivity contribution in [3.05, 3.63) is 0 Å². The molecule has 1 atom stereocenters. The molecule has 1 fully saturated rings. The third-order valence-corrected chi connectivity index (χ3v) is 3.78. The van der Waals surface area contributed by atoms with Crippen LogP contribution in [0.15, 0.2) is 0 Å². The Labute approximate surface area is 105 Å². The van der Waals surface area contributed by atoms with Crippen molar-refractivity contribution in [1.29, 1.82) is 0 Å². The topological polar surface area (TPSA) is 41.1 Å². The molecular weight excluding hydrogens is 224 g/mol. The van der Waals surface area contributed by atoms with Crippen LogP contribution in [0.25, 0.3) is 0 Å². The fourth-order valence-electron chi connectivity index (χ4n) is 2.33. The molecule has 0 aromatic heterocycles. The van der Waals surface area contributed by atoms with Crippen molar-refractivity contribution in [1.82, 2.24) is 10.6 Å². The van der Waals surface area contributed by atoms with E-state index in [1.807, 2.05) is 7.05 Å². The zero-order chi connectivity index (χ0) is 11.3. The van der Waals surface area contributed by atoms with E-state index in [1.54, 1.807) is 0 Å². The molecular formula is C12H25ClN2O. The zero-order valence-electron chi connectivity index (χ0n) is 10.6. The Morgan fingerprint density at radius 3 is 2.38 bits per heavy atom. The Morgan fingerprint density at radius 1 is 1.38 bits per heavy atom. The maximum Gasteiger partial charge on any atom is 0.226 e. The number of carbonyl (C=O) groups excluding carboxylic acids is 1. The number of amides is 1. The largest absolute Gasteiger partial charge is 0.354 e. The SMILES string of the molecule is CCC1(C(=O)NCC(C)NC)CCCC1.Cl. The van der Waals surface area contributed by atoms with E-state index in [1.165, 1.54) is 12.8 Å². The van der Waals surface area contributed by atoms with E-state index in [0.29, 0.717) is 6.04 Å². The lowest BCUT2D eigenvalue weighted by molar-refractivity contribution is -0.131. The summed E-state index contributed by atoms with van der Waals surface area (Å²) >= 11 is 0. The Morgan fingerprint density at radius 2 is 1.94 bits per heavy atom. The monoisotopic (exact) mass is 248 g/mol. The Balaban J connectivity index is 0.00000225. The van der Waals surface area contributed by atoms with Crippen LogP contribution in [0, 0.1) is 5.41 Å². The molecule has 16 heavy (non-hydrogen) atoms. The lowest BCUT2D eigenvalue weighted by Gasteiger charge is -2.26. The smallest absolute Gasteiger partial charge is 0.226 e. The van der Waals surface area contributed by atoms with Crippen molar-refractivity contribution in [2.45, 2.75) is 52.0 Å². The van der Waals surface area contributed by atoms with Crippen molar-refractivity contribution in [3.8, 4) is 0 Å². The van der Waals surface area contributed by atoms with Crippen LogP contribution >= 0.6 is 12.4 Å². The van der Waals surface area contributed by atoms with Crippen LogP contribution in [-0.2, 0) is 4.79 Å². The summed E-state index contributed by atoms with van der Waals surface area (Å²) in [6, 6.07) is 0.351. The molecule has 2 N–H and O–H groups in total.